The smallest absolute Gasteiger partial charge is 0.0576 e. The van der Waals surface area contributed by atoms with Crippen LogP contribution in [-0.2, 0) is 10.2 Å². The van der Waals surface area contributed by atoms with Crippen LogP contribution >= 0.6 is 0 Å². The zero-order valence-electron chi connectivity index (χ0n) is 14.1. The van der Waals surface area contributed by atoms with Crippen molar-refractivity contribution in [2.75, 3.05) is 50.8 Å². The van der Waals surface area contributed by atoms with Gasteiger partial charge >= 0.3 is 0 Å². The van der Waals surface area contributed by atoms with Crippen LogP contribution in [-0.4, -0.2) is 55.8 Å². The van der Waals surface area contributed by atoms with Crippen molar-refractivity contribution in [3.63, 3.8) is 0 Å². The number of hydrogen-bond acceptors (Lipinski definition) is 4. The van der Waals surface area contributed by atoms with E-state index in [0.29, 0.717) is 0 Å². The van der Waals surface area contributed by atoms with Crippen LogP contribution in [0.4, 0.5) is 5.69 Å². The molecule has 0 radical (unpaired) electrons. The van der Waals surface area contributed by atoms with Gasteiger partial charge in [0.25, 0.3) is 0 Å². The Bertz CT molecular complexity index is 632. The molecular formula is C20H25N3O. The van der Waals surface area contributed by atoms with Crippen molar-refractivity contribution in [3.8, 4) is 0 Å². The van der Waals surface area contributed by atoms with Crippen LogP contribution in [0.3, 0.4) is 0 Å². The van der Waals surface area contributed by atoms with E-state index < -0.39 is 0 Å². The maximum Gasteiger partial charge on any atom is 0.0576 e. The molecule has 0 bridgehead atoms. The second kappa shape index (κ2) is 6.91. The molecule has 2 aliphatic heterocycles. The molecule has 2 aliphatic rings. The number of rotatable bonds is 4. The molecule has 1 aromatic carbocycles. The highest BCUT2D eigenvalue weighted by molar-refractivity contribution is 5.44. The molecule has 0 N–H and O–H groups in total. The summed E-state index contributed by atoms with van der Waals surface area (Å²) in [7, 11) is 0. The Morgan fingerprint density at radius 3 is 2.50 bits per heavy atom. The number of aromatic nitrogens is 1. The van der Waals surface area contributed by atoms with Gasteiger partial charge in [-0.3, -0.25) is 9.88 Å². The van der Waals surface area contributed by atoms with Gasteiger partial charge < -0.3 is 9.64 Å². The molecule has 4 nitrogen and oxygen atoms in total. The lowest BCUT2D eigenvalue weighted by Gasteiger charge is -2.40. The van der Waals surface area contributed by atoms with Crippen molar-refractivity contribution < 1.29 is 4.74 Å². The van der Waals surface area contributed by atoms with Crippen molar-refractivity contribution in [2.24, 2.45) is 0 Å². The molecule has 0 saturated carbocycles. The van der Waals surface area contributed by atoms with Crippen molar-refractivity contribution in [2.45, 2.75) is 11.8 Å². The van der Waals surface area contributed by atoms with Gasteiger partial charge in [-0.25, -0.2) is 0 Å². The van der Waals surface area contributed by atoms with Gasteiger partial charge in [0.1, 0.15) is 0 Å². The maximum atomic E-state index is 5.80. The Balaban J connectivity index is 1.42. The molecule has 2 fully saturated rings. The molecule has 0 spiro atoms. The predicted molar refractivity (Wildman–Crippen MR) is 96.4 cm³/mol. The van der Waals surface area contributed by atoms with E-state index in [1.165, 1.54) is 11.3 Å². The number of benzene rings is 1. The number of piperazine rings is 1. The quantitative estimate of drug-likeness (QED) is 0.865. The molecule has 0 amide bonds. The average molecular weight is 323 g/mol. The molecule has 4 heteroatoms. The van der Waals surface area contributed by atoms with Gasteiger partial charge in [0.2, 0.25) is 0 Å². The molecule has 0 aliphatic carbocycles. The van der Waals surface area contributed by atoms with Crippen molar-refractivity contribution in [3.05, 3.63) is 60.4 Å². The highest BCUT2D eigenvalue weighted by Crippen LogP contribution is 2.34. The summed E-state index contributed by atoms with van der Waals surface area (Å²) >= 11 is 0. The van der Waals surface area contributed by atoms with Gasteiger partial charge in [-0.05, 0) is 24.1 Å². The Labute approximate surface area is 144 Å². The summed E-state index contributed by atoms with van der Waals surface area (Å²) in [4.78, 5) is 9.28. The summed E-state index contributed by atoms with van der Waals surface area (Å²) in [5.41, 5.74) is 2.83. The van der Waals surface area contributed by atoms with E-state index in [4.69, 9.17) is 4.74 Å². The fraction of sp³-hybridized carbons (Fsp3) is 0.450. The normalized spacial score (nSPS) is 25.1. The highest BCUT2D eigenvalue weighted by Gasteiger charge is 2.38. The fourth-order valence-electron chi connectivity index (χ4n) is 3.98. The van der Waals surface area contributed by atoms with Gasteiger partial charge in [0.15, 0.2) is 0 Å². The first-order valence-corrected chi connectivity index (χ1v) is 8.86. The summed E-state index contributed by atoms with van der Waals surface area (Å²) in [6, 6.07) is 15.1. The molecule has 0 unspecified atom stereocenters. The number of hydrogen-bond donors (Lipinski definition) is 0. The van der Waals surface area contributed by atoms with E-state index in [1.54, 1.807) is 0 Å². The van der Waals surface area contributed by atoms with Gasteiger partial charge in [0.05, 0.1) is 18.5 Å². The first-order chi connectivity index (χ1) is 11.9. The average Bonchev–Trinajstić information content (AvgIpc) is 3.14. The Hall–Kier alpha value is -1.91. The third-order valence-electron chi connectivity index (χ3n) is 5.40. The van der Waals surface area contributed by atoms with E-state index in [0.717, 1.165) is 52.4 Å². The third kappa shape index (κ3) is 3.17. The fourth-order valence-corrected chi connectivity index (χ4v) is 3.98. The lowest BCUT2D eigenvalue weighted by Crippen LogP contribution is -2.51. The lowest BCUT2D eigenvalue weighted by atomic mass is 9.79. The summed E-state index contributed by atoms with van der Waals surface area (Å²) in [5.74, 6) is 0. The first-order valence-electron chi connectivity index (χ1n) is 8.86. The standard InChI is InChI=1S/C20H25N3O/c1-2-5-18(6-3-1)20(8-14-24-17-20)16-22-10-12-23(13-11-22)19-7-4-9-21-15-19/h1-7,9,15H,8,10-14,16-17H2/t20-/m1/s1. The molecule has 3 heterocycles. The van der Waals surface area contributed by atoms with E-state index in [1.807, 2.05) is 18.5 Å². The molecule has 24 heavy (non-hydrogen) atoms. The predicted octanol–water partition coefficient (Wildman–Crippen LogP) is 2.56. The molecule has 4 rings (SSSR count). The monoisotopic (exact) mass is 323 g/mol. The zero-order valence-corrected chi connectivity index (χ0v) is 14.1. The number of pyridine rings is 1. The molecule has 1 atom stereocenters. The Morgan fingerprint density at radius 1 is 1.00 bits per heavy atom. The number of anilines is 1. The van der Waals surface area contributed by atoms with Crippen molar-refractivity contribution in [1.82, 2.24) is 9.88 Å². The van der Waals surface area contributed by atoms with Crippen LogP contribution in [0.25, 0.3) is 0 Å². The van der Waals surface area contributed by atoms with Crippen molar-refractivity contribution >= 4 is 5.69 Å². The van der Waals surface area contributed by atoms with E-state index >= 15 is 0 Å². The van der Waals surface area contributed by atoms with E-state index in [-0.39, 0.29) is 5.41 Å². The van der Waals surface area contributed by atoms with Crippen LogP contribution in [0.2, 0.25) is 0 Å². The third-order valence-corrected chi connectivity index (χ3v) is 5.40. The summed E-state index contributed by atoms with van der Waals surface area (Å²) in [6.07, 6.45) is 4.93. The largest absolute Gasteiger partial charge is 0.380 e. The number of nitrogens with zero attached hydrogens (tertiary/aromatic N) is 3. The van der Waals surface area contributed by atoms with Crippen LogP contribution in [0.1, 0.15) is 12.0 Å². The van der Waals surface area contributed by atoms with Gasteiger partial charge in [-0.15, -0.1) is 0 Å². The van der Waals surface area contributed by atoms with E-state index in [9.17, 15) is 0 Å². The minimum Gasteiger partial charge on any atom is -0.380 e. The summed E-state index contributed by atoms with van der Waals surface area (Å²) in [5, 5.41) is 0. The Morgan fingerprint density at radius 2 is 1.83 bits per heavy atom. The topological polar surface area (TPSA) is 28.6 Å². The highest BCUT2D eigenvalue weighted by atomic mass is 16.5. The molecule has 2 saturated heterocycles. The molecular weight excluding hydrogens is 298 g/mol. The minimum absolute atomic E-state index is 0.164. The maximum absolute atomic E-state index is 5.80. The van der Waals surface area contributed by atoms with Crippen LogP contribution < -0.4 is 4.90 Å². The second-order valence-electron chi connectivity index (χ2n) is 6.92. The van der Waals surface area contributed by atoms with Crippen LogP contribution in [0, 0.1) is 0 Å². The molecule has 126 valence electrons. The summed E-state index contributed by atoms with van der Waals surface area (Å²) < 4.78 is 5.80. The first kappa shape index (κ1) is 15.6. The van der Waals surface area contributed by atoms with Crippen LogP contribution in [0.15, 0.2) is 54.9 Å². The Kier molecular flexibility index (Phi) is 4.50. The van der Waals surface area contributed by atoms with E-state index in [2.05, 4.69) is 51.2 Å². The summed E-state index contributed by atoms with van der Waals surface area (Å²) in [6.45, 7) is 7.16. The van der Waals surface area contributed by atoms with Gasteiger partial charge in [-0.2, -0.15) is 0 Å². The lowest BCUT2D eigenvalue weighted by molar-refractivity contribution is 0.147. The van der Waals surface area contributed by atoms with Gasteiger partial charge in [0, 0.05) is 50.9 Å². The van der Waals surface area contributed by atoms with Gasteiger partial charge in [-0.1, -0.05) is 30.3 Å². The minimum atomic E-state index is 0.164. The molecule has 1 aromatic heterocycles. The number of ether oxygens (including phenoxy) is 1. The van der Waals surface area contributed by atoms with Crippen molar-refractivity contribution in [1.29, 1.82) is 0 Å². The SMILES string of the molecule is c1ccc([C@@]2(CN3CCN(c4cccnc4)CC3)CCOC2)cc1. The zero-order chi connectivity index (χ0) is 16.2. The molecule has 2 aromatic rings. The second-order valence-corrected chi connectivity index (χ2v) is 6.92. The van der Waals surface area contributed by atoms with Crippen LogP contribution in [0.5, 0.6) is 0 Å².